The normalized spacial score (nSPS) is 24.0. The van der Waals surface area contributed by atoms with Crippen LogP contribution in [0.3, 0.4) is 0 Å². The third-order valence-corrected chi connectivity index (χ3v) is 6.82. The van der Waals surface area contributed by atoms with Crippen LogP contribution in [0.2, 0.25) is 0 Å². The molecule has 2 aromatic heterocycles. The smallest absolute Gasteiger partial charge is 0.330 e. The quantitative estimate of drug-likeness (QED) is 0.648. The van der Waals surface area contributed by atoms with Gasteiger partial charge in [-0.3, -0.25) is 14.3 Å². The molecule has 1 unspecified atom stereocenters. The Balaban J connectivity index is 1.43. The van der Waals surface area contributed by atoms with Crippen molar-refractivity contribution in [3.8, 4) is 6.07 Å². The summed E-state index contributed by atoms with van der Waals surface area (Å²) in [6.07, 6.45) is 1.95. The second-order valence-corrected chi connectivity index (χ2v) is 9.98. The fourth-order valence-corrected chi connectivity index (χ4v) is 5.11. The van der Waals surface area contributed by atoms with Crippen LogP contribution in [-0.2, 0) is 17.3 Å². The first-order valence-corrected chi connectivity index (χ1v) is 10.9. The molecule has 10 nitrogen and oxygen atoms in total. The molecule has 33 heavy (non-hydrogen) atoms. The number of urea groups is 1. The van der Waals surface area contributed by atoms with E-state index in [0.717, 1.165) is 10.6 Å². The van der Waals surface area contributed by atoms with Crippen molar-refractivity contribution >= 4 is 23.5 Å². The zero-order chi connectivity index (χ0) is 23.8. The summed E-state index contributed by atoms with van der Waals surface area (Å²) in [6, 6.07) is 3.71. The number of piperazine rings is 1. The highest BCUT2D eigenvalue weighted by atomic mass is 16.2. The molecule has 0 spiro atoms. The molecule has 0 aliphatic carbocycles. The molecule has 0 saturated carbocycles. The van der Waals surface area contributed by atoms with Gasteiger partial charge in [-0.15, -0.1) is 0 Å². The van der Waals surface area contributed by atoms with Gasteiger partial charge >= 0.3 is 6.03 Å². The van der Waals surface area contributed by atoms with E-state index in [2.05, 4.69) is 10.1 Å². The van der Waals surface area contributed by atoms with Gasteiger partial charge in [-0.2, -0.15) is 10.4 Å². The first kappa shape index (κ1) is 21.1. The maximum Gasteiger partial charge on any atom is 0.332 e. The molecule has 2 aromatic rings. The van der Waals surface area contributed by atoms with Gasteiger partial charge in [-0.05, 0) is 31.0 Å². The lowest BCUT2D eigenvalue weighted by molar-refractivity contribution is -0.121. The number of fused-ring (bicyclic) bond motifs is 5. The van der Waals surface area contributed by atoms with Crippen molar-refractivity contribution in [2.75, 3.05) is 11.4 Å². The molecule has 10 heteroatoms. The minimum atomic E-state index is -0.716. The largest absolute Gasteiger partial charge is 0.332 e. The highest BCUT2D eigenvalue weighted by Gasteiger charge is 2.63. The maximum absolute atomic E-state index is 13.4. The average molecular weight is 447 g/mol. The topological polar surface area (TPSA) is 115 Å². The van der Waals surface area contributed by atoms with Crippen molar-refractivity contribution in [3.63, 3.8) is 0 Å². The Hall–Kier alpha value is -3.74. The number of carbonyl (C=O) groups is 3. The summed E-state index contributed by atoms with van der Waals surface area (Å²) < 4.78 is 1.59. The van der Waals surface area contributed by atoms with Crippen molar-refractivity contribution < 1.29 is 14.4 Å². The molecule has 0 aromatic carbocycles. The molecular weight excluding hydrogens is 422 g/mol. The zero-order valence-electron chi connectivity index (χ0n) is 19.2. The van der Waals surface area contributed by atoms with Gasteiger partial charge < -0.3 is 9.80 Å². The van der Waals surface area contributed by atoms with Crippen LogP contribution in [0.1, 0.15) is 54.6 Å². The number of amides is 4. The number of aromatic nitrogens is 3. The lowest BCUT2D eigenvalue weighted by Crippen LogP contribution is -2.55. The first-order chi connectivity index (χ1) is 15.5. The summed E-state index contributed by atoms with van der Waals surface area (Å²) in [5, 5.41) is 13.6. The number of likely N-dealkylation sites (tertiary alicyclic amines) is 1. The summed E-state index contributed by atoms with van der Waals surface area (Å²) in [5.74, 6) is -0.543. The molecule has 0 radical (unpaired) electrons. The van der Waals surface area contributed by atoms with Crippen LogP contribution < -0.4 is 4.90 Å². The Kier molecular flexibility index (Phi) is 4.40. The van der Waals surface area contributed by atoms with E-state index in [1.54, 1.807) is 34.5 Å². The fourth-order valence-electron chi connectivity index (χ4n) is 5.11. The molecule has 5 rings (SSSR count). The molecule has 3 atom stereocenters. The second kappa shape index (κ2) is 6.88. The van der Waals surface area contributed by atoms with E-state index in [1.165, 1.54) is 6.20 Å². The third kappa shape index (κ3) is 2.95. The Morgan fingerprint density at radius 3 is 2.58 bits per heavy atom. The molecule has 170 valence electrons. The number of nitriles is 1. The molecule has 3 aliphatic heterocycles. The van der Waals surface area contributed by atoms with Gasteiger partial charge in [0.1, 0.15) is 23.5 Å². The standard InChI is InChI=1S/C23H25N7O3/c1-12-6-13(10-25-15(12)9-24)30-21(32)19-16-7-14(29(19)22(30)33)11-28(16)20(31)17-8-18(23(2,3)4)26-27(17)5/h6,8,10,14,16,19H,7,11H2,1-5H3/t14-,16?,19+/m1/s1. The van der Waals surface area contributed by atoms with E-state index < -0.39 is 12.1 Å². The number of hydrogen-bond acceptors (Lipinski definition) is 6. The third-order valence-electron chi connectivity index (χ3n) is 6.82. The van der Waals surface area contributed by atoms with E-state index >= 15 is 0 Å². The number of hydrogen-bond donors (Lipinski definition) is 0. The van der Waals surface area contributed by atoms with Gasteiger partial charge in [0, 0.05) is 19.0 Å². The minimum Gasteiger partial charge on any atom is -0.330 e. The lowest BCUT2D eigenvalue weighted by atomic mass is 9.92. The fraction of sp³-hybridized carbons (Fsp3) is 0.478. The monoisotopic (exact) mass is 447 g/mol. The first-order valence-electron chi connectivity index (χ1n) is 10.9. The Morgan fingerprint density at radius 1 is 1.24 bits per heavy atom. The van der Waals surface area contributed by atoms with Gasteiger partial charge in [-0.25, -0.2) is 14.7 Å². The summed E-state index contributed by atoms with van der Waals surface area (Å²) in [5.41, 5.74) is 2.28. The van der Waals surface area contributed by atoms with Crippen LogP contribution in [0.25, 0.3) is 0 Å². The van der Waals surface area contributed by atoms with Gasteiger partial charge in [0.15, 0.2) is 0 Å². The van der Waals surface area contributed by atoms with Crippen LogP contribution >= 0.6 is 0 Å². The Morgan fingerprint density at radius 2 is 1.97 bits per heavy atom. The summed E-state index contributed by atoms with van der Waals surface area (Å²) >= 11 is 0. The van der Waals surface area contributed by atoms with Crippen molar-refractivity contribution in [3.05, 3.63) is 41.0 Å². The molecule has 2 bridgehead atoms. The summed E-state index contributed by atoms with van der Waals surface area (Å²) in [6.45, 7) is 8.21. The molecular formula is C23H25N7O3. The predicted molar refractivity (Wildman–Crippen MR) is 117 cm³/mol. The summed E-state index contributed by atoms with van der Waals surface area (Å²) in [7, 11) is 1.75. The highest BCUT2D eigenvalue weighted by Crippen LogP contribution is 2.43. The molecule has 0 N–H and O–H groups in total. The van der Waals surface area contributed by atoms with Gasteiger partial charge in [0.2, 0.25) is 0 Å². The number of nitrogens with zero attached hydrogens (tertiary/aromatic N) is 7. The number of anilines is 1. The van der Waals surface area contributed by atoms with E-state index in [1.807, 2.05) is 32.9 Å². The molecule has 4 amide bonds. The van der Waals surface area contributed by atoms with Crippen molar-refractivity contribution in [1.82, 2.24) is 24.6 Å². The van der Waals surface area contributed by atoms with Crippen molar-refractivity contribution in [2.45, 2.75) is 57.7 Å². The predicted octanol–water partition coefficient (Wildman–Crippen LogP) is 1.73. The molecule has 3 aliphatic rings. The number of rotatable bonds is 2. The van der Waals surface area contributed by atoms with Crippen LogP contribution in [0.4, 0.5) is 10.5 Å². The lowest BCUT2D eigenvalue weighted by Gasteiger charge is -2.34. The van der Waals surface area contributed by atoms with Crippen LogP contribution in [0.15, 0.2) is 18.3 Å². The average Bonchev–Trinajstić information content (AvgIpc) is 3.49. The number of aryl methyl sites for hydroxylation is 2. The zero-order valence-corrected chi connectivity index (χ0v) is 19.2. The van der Waals surface area contributed by atoms with Crippen LogP contribution in [-0.4, -0.2) is 67.1 Å². The Labute approximate surface area is 191 Å². The van der Waals surface area contributed by atoms with E-state index in [4.69, 9.17) is 5.26 Å². The molecule has 5 heterocycles. The van der Waals surface area contributed by atoms with Crippen LogP contribution in [0, 0.1) is 18.3 Å². The second-order valence-electron chi connectivity index (χ2n) is 9.98. The van der Waals surface area contributed by atoms with Gasteiger partial charge in [0.25, 0.3) is 11.8 Å². The number of pyridine rings is 1. The molecule has 3 saturated heterocycles. The van der Waals surface area contributed by atoms with E-state index in [-0.39, 0.29) is 35.0 Å². The van der Waals surface area contributed by atoms with Crippen molar-refractivity contribution in [1.29, 1.82) is 5.26 Å². The van der Waals surface area contributed by atoms with Crippen molar-refractivity contribution in [2.24, 2.45) is 7.05 Å². The van der Waals surface area contributed by atoms with Gasteiger partial charge in [-0.1, -0.05) is 20.8 Å². The summed E-state index contributed by atoms with van der Waals surface area (Å²) in [4.78, 5) is 48.5. The van der Waals surface area contributed by atoms with E-state index in [0.29, 0.717) is 29.9 Å². The molecule has 3 fully saturated rings. The maximum atomic E-state index is 13.4. The highest BCUT2D eigenvalue weighted by molar-refractivity contribution is 6.22. The van der Waals surface area contributed by atoms with Gasteiger partial charge in [0.05, 0.1) is 29.7 Å². The number of carbonyl (C=O) groups excluding carboxylic acids is 3. The minimum absolute atomic E-state index is 0.178. The Bertz CT molecular complexity index is 1250. The number of imide groups is 1. The van der Waals surface area contributed by atoms with Crippen LogP contribution in [0.5, 0.6) is 0 Å². The SMILES string of the molecule is Cc1cc(N2C(=O)[C@@H]3C4C[C@H](CN4C(=O)c4cc(C(C)(C)C)nn4C)N3C2=O)cnc1C#N. The van der Waals surface area contributed by atoms with E-state index in [9.17, 15) is 14.4 Å².